The van der Waals surface area contributed by atoms with Gasteiger partial charge in [-0.05, 0) is 30.0 Å². The first-order valence-corrected chi connectivity index (χ1v) is 10.8. The topological polar surface area (TPSA) is 122 Å². The number of nitrogens with two attached hydrogens (primary N) is 1. The van der Waals surface area contributed by atoms with E-state index in [2.05, 4.69) is 0 Å². The number of allylic oxidation sites excluding steroid dienone is 2. The van der Waals surface area contributed by atoms with Gasteiger partial charge in [0.1, 0.15) is 16.4 Å². The van der Waals surface area contributed by atoms with E-state index < -0.39 is 16.8 Å². The zero-order valence-electron chi connectivity index (χ0n) is 17.7. The number of rotatable bonds is 5. The molecule has 2 N–H and O–H groups in total. The molecule has 0 saturated heterocycles. The molecule has 2 aromatic rings. The first-order valence-electron chi connectivity index (χ1n) is 10.4. The minimum absolute atomic E-state index is 0.0567. The molecular weight excluding hydrogens is 448 g/mol. The number of ketones is 1. The van der Waals surface area contributed by atoms with Gasteiger partial charge < -0.3 is 15.2 Å². The first-order chi connectivity index (χ1) is 15.8. The summed E-state index contributed by atoms with van der Waals surface area (Å²) >= 11 is 5.99. The maximum absolute atomic E-state index is 13.4. The molecule has 2 aliphatic rings. The van der Waals surface area contributed by atoms with Gasteiger partial charge in [0, 0.05) is 24.5 Å². The van der Waals surface area contributed by atoms with Crippen molar-refractivity contribution >= 4 is 29.0 Å². The van der Waals surface area contributed by atoms with Crippen molar-refractivity contribution in [1.82, 2.24) is 0 Å². The predicted molar refractivity (Wildman–Crippen MR) is 120 cm³/mol. The van der Waals surface area contributed by atoms with Crippen LogP contribution in [0.15, 0.2) is 71.3 Å². The molecule has 0 saturated carbocycles. The Balaban J connectivity index is 1.85. The fourth-order valence-electron chi connectivity index (χ4n) is 4.36. The Morgan fingerprint density at radius 3 is 2.61 bits per heavy atom. The van der Waals surface area contributed by atoms with Gasteiger partial charge in [0.2, 0.25) is 5.88 Å². The molecule has 170 valence electrons. The van der Waals surface area contributed by atoms with Crippen LogP contribution in [-0.4, -0.2) is 23.3 Å². The van der Waals surface area contributed by atoms with Crippen LogP contribution in [0.3, 0.4) is 0 Å². The largest absolute Gasteiger partial charge is 0.462 e. The van der Waals surface area contributed by atoms with Gasteiger partial charge in [-0.3, -0.25) is 14.9 Å². The van der Waals surface area contributed by atoms with E-state index in [0.717, 1.165) is 5.56 Å². The van der Waals surface area contributed by atoms with Crippen molar-refractivity contribution in [1.29, 1.82) is 0 Å². The highest BCUT2D eigenvalue weighted by Gasteiger charge is 2.43. The molecule has 2 aromatic carbocycles. The molecule has 1 aliphatic heterocycles. The summed E-state index contributed by atoms with van der Waals surface area (Å²) < 4.78 is 11.0. The van der Waals surface area contributed by atoms with Crippen LogP contribution < -0.4 is 5.73 Å². The van der Waals surface area contributed by atoms with Crippen molar-refractivity contribution in [3.63, 3.8) is 0 Å². The van der Waals surface area contributed by atoms with Crippen LogP contribution in [0, 0.1) is 10.1 Å². The molecule has 1 aliphatic carbocycles. The summed E-state index contributed by atoms with van der Waals surface area (Å²) in [4.78, 5) is 37.1. The van der Waals surface area contributed by atoms with Crippen LogP contribution in [0.1, 0.15) is 42.7 Å². The van der Waals surface area contributed by atoms with E-state index >= 15 is 0 Å². The van der Waals surface area contributed by atoms with Crippen LogP contribution >= 0.6 is 11.6 Å². The number of halogens is 1. The normalized spacial score (nSPS) is 20.2. The van der Waals surface area contributed by atoms with Crippen LogP contribution in [0.25, 0.3) is 0 Å². The molecule has 1 heterocycles. The number of esters is 1. The first kappa shape index (κ1) is 22.5. The van der Waals surface area contributed by atoms with Crippen LogP contribution in [-0.2, 0) is 19.1 Å². The third kappa shape index (κ3) is 4.21. The maximum Gasteiger partial charge on any atom is 0.340 e. The Labute approximate surface area is 194 Å². The number of ether oxygens (including phenoxy) is 2. The maximum atomic E-state index is 13.4. The summed E-state index contributed by atoms with van der Waals surface area (Å²) in [7, 11) is 0. The zero-order chi connectivity index (χ0) is 23.7. The van der Waals surface area contributed by atoms with E-state index in [-0.39, 0.29) is 52.5 Å². The zero-order valence-corrected chi connectivity index (χ0v) is 18.5. The van der Waals surface area contributed by atoms with Gasteiger partial charge in [0.05, 0.1) is 17.4 Å². The second-order valence-corrected chi connectivity index (χ2v) is 8.18. The number of benzene rings is 2. The molecule has 0 fully saturated rings. The Morgan fingerprint density at radius 1 is 1.21 bits per heavy atom. The van der Waals surface area contributed by atoms with Crippen molar-refractivity contribution in [2.75, 3.05) is 6.61 Å². The average Bonchev–Trinajstić information content (AvgIpc) is 2.79. The van der Waals surface area contributed by atoms with Crippen LogP contribution in [0.2, 0.25) is 5.02 Å². The summed E-state index contributed by atoms with van der Waals surface area (Å²) in [6, 6.07) is 13.7. The van der Waals surface area contributed by atoms with Crippen molar-refractivity contribution < 1.29 is 24.0 Å². The molecule has 0 amide bonds. The predicted octanol–water partition coefficient (Wildman–Crippen LogP) is 4.50. The van der Waals surface area contributed by atoms with Crippen molar-refractivity contribution in [3.8, 4) is 0 Å². The molecule has 0 aromatic heterocycles. The molecule has 8 nitrogen and oxygen atoms in total. The highest BCUT2D eigenvalue weighted by molar-refractivity contribution is 6.32. The smallest absolute Gasteiger partial charge is 0.340 e. The van der Waals surface area contributed by atoms with E-state index in [1.807, 2.05) is 30.3 Å². The molecule has 0 bridgehead atoms. The summed E-state index contributed by atoms with van der Waals surface area (Å²) in [5.74, 6) is -1.88. The molecule has 33 heavy (non-hydrogen) atoms. The lowest BCUT2D eigenvalue weighted by atomic mass is 9.73. The minimum Gasteiger partial charge on any atom is -0.462 e. The van der Waals surface area contributed by atoms with Gasteiger partial charge in [-0.1, -0.05) is 48.0 Å². The van der Waals surface area contributed by atoms with Crippen LogP contribution in [0.5, 0.6) is 0 Å². The molecule has 0 radical (unpaired) electrons. The van der Waals surface area contributed by atoms with E-state index in [9.17, 15) is 19.7 Å². The third-order valence-corrected chi connectivity index (χ3v) is 6.13. The molecule has 9 heteroatoms. The number of hydrogen-bond acceptors (Lipinski definition) is 7. The molecule has 0 spiro atoms. The fourth-order valence-corrected chi connectivity index (χ4v) is 4.55. The summed E-state index contributed by atoms with van der Waals surface area (Å²) in [5.41, 5.74) is 7.34. The molecule has 0 unspecified atom stereocenters. The quantitative estimate of drug-likeness (QED) is 0.389. The second kappa shape index (κ2) is 9.07. The van der Waals surface area contributed by atoms with E-state index in [1.165, 1.54) is 12.1 Å². The number of nitro benzene ring substituents is 1. The Hall–Kier alpha value is -3.65. The summed E-state index contributed by atoms with van der Waals surface area (Å²) in [6.45, 7) is 1.72. The lowest BCUT2D eigenvalue weighted by Crippen LogP contribution is -2.33. The van der Waals surface area contributed by atoms with Crippen molar-refractivity contribution in [2.24, 2.45) is 5.73 Å². The number of carbonyl (C=O) groups excluding carboxylic acids is 2. The monoisotopic (exact) mass is 468 g/mol. The number of nitrogens with zero attached hydrogens (tertiary/aromatic N) is 1. The van der Waals surface area contributed by atoms with Gasteiger partial charge >= 0.3 is 5.97 Å². The summed E-state index contributed by atoms with van der Waals surface area (Å²) in [6.07, 6.45) is 0.600. The van der Waals surface area contributed by atoms with E-state index in [1.54, 1.807) is 13.0 Å². The fraction of sp³-hybridized carbons (Fsp3) is 0.250. The Kier molecular flexibility index (Phi) is 6.20. The number of Topliss-reactive ketones (excluding diaryl/α,β-unsaturated/α-hetero) is 1. The molecule has 2 atom stereocenters. The third-order valence-electron chi connectivity index (χ3n) is 5.81. The lowest BCUT2D eigenvalue weighted by molar-refractivity contribution is -0.384. The lowest BCUT2D eigenvalue weighted by Gasteiger charge is -2.35. The van der Waals surface area contributed by atoms with Crippen molar-refractivity contribution in [3.05, 3.63) is 97.6 Å². The minimum atomic E-state index is -0.965. The molecule has 4 rings (SSSR count). The van der Waals surface area contributed by atoms with E-state index in [0.29, 0.717) is 17.7 Å². The number of hydrogen-bond donors (Lipinski definition) is 1. The Morgan fingerprint density at radius 2 is 1.94 bits per heavy atom. The van der Waals surface area contributed by atoms with Crippen molar-refractivity contribution in [2.45, 2.75) is 31.6 Å². The average molecular weight is 469 g/mol. The standard InChI is InChI=1S/C24H21ClN2O6/c1-2-32-24(29)22-20(14-8-9-16(25)17(10-14)27(30)31)21-18(28)11-15(12-19(21)33-23(22)26)13-6-4-3-5-7-13/h3-10,15,20H,2,11-12,26H2,1H3/t15-,20+/m0/s1. The number of nitro groups is 1. The van der Waals surface area contributed by atoms with Gasteiger partial charge in [0.25, 0.3) is 5.69 Å². The SMILES string of the molecule is CCOC(=O)C1=C(N)OC2=C(C(=O)C[C@H](c3ccccc3)C2)[C@H]1c1ccc(Cl)c([N+](=O)[O-])c1. The van der Waals surface area contributed by atoms with Gasteiger partial charge in [-0.25, -0.2) is 4.79 Å². The van der Waals surface area contributed by atoms with Gasteiger partial charge in [-0.15, -0.1) is 0 Å². The van der Waals surface area contributed by atoms with Gasteiger partial charge in [-0.2, -0.15) is 0 Å². The molecular formula is C24H21ClN2O6. The highest BCUT2D eigenvalue weighted by atomic mass is 35.5. The van der Waals surface area contributed by atoms with E-state index in [4.69, 9.17) is 26.8 Å². The number of carbonyl (C=O) groups is 2. The summed E-state index contributed by atoms with van der Waals surface area (Å²) in [5, 5.41) is 11.4. The van der Waals surface area contributed by atoms with Gasteiger partial charge in [0.15, 0.2) is 5.78 Å². The second-order valence-electron chi connectivity index (χ2n) is 7.78. The van der Waals surface area contributed by atoms with Crippen LogP contribution in [0.4, 0.5) is 5.69 Å². The Bertz CT molecular complexity index is 1200. The highest BCUT2D eigenvalue weighted by Crippen LogP contribution is 2.48.